The number of primary amides is 1. The van der Waals surface area contributed by atoms with Crippen molar-refractivity contribution in [3.8, 4) is 11.8 Å². The van der Waals surface area contributed by atoms with Crippen LogP contribution in [0.2, 0.25) is 0 Å². The monoisotopic (exact) mass is 212 g/mol. The molecule has 84 valence electrons. The average molecular weight is 212 g/mol. The Hall–Kier alpha value is -1.54. The van der Waals surface area contributed by atoms with Gasteiger partial charge in [-0.2, -0.15) is 0 Å². The van der Waals surface area contributed by atoms with Crippen molar-refractivity contribution >= 4 is 11.9 Å². The summed E-state index contributed by atoms with van der Waals surface area (Å²) in [7, 11) is 0. The number of nitrogens with one attached hydrogen (secondary N) is 1. The maximum Gasteiger partial charge on any atom is 0.384 e. The number of nitrogens with two attached hydrogens (primary N) is 1. The summed E-state index contributed by atoms with van der Waals surface area (Å²) in [5.74, 6) is 3.76. The molecule has 0 saturated heterocycles. The first-order chi connectivity index (χ1) is 6.81. The van der Waals surface area contributed by atoms with Gasteiger partial charge in [-0.3, -0.25) is 10.1 Å². The van der Waals surface area contributed by atoms with Gasteiger partial charge in [0.2, 0.25) is 5.91 Å². The Morgan fingerprint density at radius 2 is 2.00 bits per heavy atom. The molecule has 0 heterocycles. The van der Waals surface area contributed by atoms with Crippen LogP contribution < -0.4 is 11.1 Å². The van der Waals surface area contributed by atoms with Crippen LogP contribution in [0.3, 0.4) is 0 Å². The number of rotatable bonds is 3. The smallest absolute Gasteiger partial charge is 0.384 e. The van der Waals surface area contributed by atoms with Crippen molar-refractivity contribution in [2.45, 2.75) is 26.4 Å². The zero-order valence-corrected chi connectivity index (χ0v) is 9.22. The molecule has 0 saturated carbocycles. The van der Waals surface area contributed by atoms with Crippen molar-refractivity contribution in [3.05, 3.63) is 0 Å². The van der Waals surface area contributed by atoms with Crippen molar-refractivity contribution in [2.24, 2.45) is 5.73 Å². The Labute approximate surface area is 89.3 Å². The molecule has 0 rings (SSSR count). The van der Waals surface area contributed by atoms with E-state index in [0.29, 0.717) is 0 Å². The van der Waals surface area contributed by atoms with E-state index in [1.54, 1.807) is 20.8 Å². The summed E-state index contributed by atoms with van der Waals surface area (Å²) in [4.78, 5) is 21.3. The van der Waals surface area contributed by atoms with Crippen LogP contribution in [0.25, 0.3) is 0 Å². The van der Waals surface area contributed by atoms with Crippen molar-refractivity contribution in [2.75, 3.05) is 13.1 Å². The highest BCUT2D eigenvalue weighted by atomic mass is 16.6. The molecule has 5 nitrogen and oxygen atoms in total. The molecule has 0 spiro atoms. The van der Waals surface area contributed by atoms with E-state index >= 15 is 0 Å². The van der Waals surface area contributed by atoms with Gasteiger partial charge in [0.25, 0.3) is 0 Å². The van der Waals surface area contributed by atoms with Crippen molar-refractivity contribution < 1.29 is 14.3 Å². The number of carbonyl (C=O) groups is 2. The fourth-order valence-corrected chi connectivity index (χ4v) is 0.668. The first kappa shape index (κ1) is 13.5. The molecule has 0 aliphatic rings. The minimum Gasteiger partial charge on any atom is -0.450 e. The summed E-state index contributed by atoms with van der Waals surface area (Å²) in [5, 5.41) is 2.65. The van der Waals surface area contributed by atoms with Gasteiger partial charge in [-0.05, 0) is 20.8 Å². The van der Waals surface area contributed by atoms with Gasteiger partial charge in [0, 0.05) is 5.92 Å². The van der Waals surface area contributed by atoms with E-state index in [2.05, 4.69) is 17.2 Å². The fraction of sp³-hybridized carbons (Fsp3) is 0.600. The summed E-state index contributed by atoms with van der Waals surface area (Å²) in [6.07, 6.45) is 0. The van der Waals surface area contributed by atoms with Gasteiger partial charge in [0.05, 0.1) is 13.1 Å². The lowest BCUT2D eigenvalue weighted by atomic mass is 10.2. The van der Waals surface area contributed by atoms with E-state index < -0.39 is 17.5 Å². The highest BCUT2D eigenvalue weighted by molar-refractivity contribution is 5.88. The van der Waals surface area contributed by atoms with E-state index in [1.165, 1.54) is 0 Å². The molecule has 0 aliphatic heterocycles. The SMILES string of the molecule is CC(C)(C)OC(=O)C#CCNCC(N)=O. The average Bonchev–Trinajstić information content (AvgIpc) is 1.99. The normalized spacial score (nSPS) is 10.1. The Morgan fingerprint density at radius 1 is 1.40 bits per heavy atom. The molecular formula is C10H16N2O3. The van der Waals surface area contributed by atoms with Crippen LogP contribution in [0.4, 0.5) is 0 Å². The number of amides is 1. The number of esters is 1. The highest BCUT2D eigenvalue weighted by Gasteiger charge is 2.13. The zero-order chi connectivity index (χ0) is 11.9. The molecule has 0 aromatic heterocycles. The van der Waals surface area contributed by atoms with Crippen LogP contribution in [0, 0.1) is 11.8 Å². The summed E-state index contributed by atoms with van der Waals surface area (Å²) < 4.78 is 4.93. The largest absolute Gasteiger partial charge is 0.450 e. The Kier molecular flexibility index (Phi) is 5.42. The first-order valence-corrected chi connectivity index (χ1v) is 4.52. The second-order valence-electron chi connectivity index (χ2n) is 3.87. The second kappa shape index (κ2) is 6.04. The predicted molar refractivity (Wildman–Crippen MR) is 55.7 cm³/mol. The molecule has 0 radical (unpaired) electrons. The maximum absolute atomic E-state index is 11.0. The fourth-order valence-electron chi connectivity index (χ4n) is 0.668. The van der Waals surface area contributed by atoms with Gasteiger partial charge in [-0.1, -0.05) is 5.92 Å². The molecule has 1 amide bonds. The van der Waals surface area contributed by atoms with Gasteiger partial charge >= 0.3 is 5.97 Å². The van der Waals surface area contributed by atoms with E-state index in [4.69, 9.17) is 10.5 Å². The Bertz CT molecular complexity index is 294. The van der Waals surface area contributed by atoms with Gasteiger partial charge in [0.1, 0.15) is 5.60 Å². The van der Waals surface area contributed by atoms with Gasteiger partial charge in [0.15, 0.2) is 0 Å². The molecular weight excluding hydrogens is 196 g/mol. The summed E-state index contributed by atoms with van der Waals surface area (Å²) in [5.41, 5.74) is 4.34. The molecule has 5 heteroatoms. The predicted octanol–water partition coefficient (Wildman–Crippen LogP) is -0.594. The lowest BCUT2D eigenvalue weighted by Gasteiger charge is -2.16. The number of hydrogen-bond donors (Lipinski definition) is 2. The molecule has 0 atom stereocenters. The molecule has 0 unspecified atom stereocenters. The van der Waals surface area contributed by atoms with E-state index in [0.717, 1.165) is 0 Å². The summed E-state index contributed by atoms with van der Waals surface area (Å²) in [6.45, 7) is 5.55. The quantitative estimate of drug-likeness (QED) is 0.283. The Morgan fingerprint density at radius 3 is 2.47 bits per heavy atom. The first-order valence-electron chi connectivity index (χ1n) is 4.52. The van der Waals surface area contributed by atoms with Crippen LogP contribution >= 0.6 is 0 Å². The molecule has 0 aromatic rings. The molecule has 0 fully saturated rings. The van der Waals surface area contributed by atoms with Crippen LogP contribution in [-0.4, -0.2) is 30.6 Å². The molecule has 3 N–H and O–H groups in total. The highest BCUT2D eigenvalue weighted by Crippen LogP contribution is 2.05. The topological polar surface area (TPSA) is 81.4 Å². The van der Waals surface area contributed by atoms with Crippen LogP contribution in [0.15, 0.2) is 0 Å². The lowest BCUT2D eigenvalue weighted by molar-refractivity contribution is -0.147. The third-order valence-corrected chi connectivity index (χ3v) is 1.10. The summed E-state index contributed by atoms with van der Waals surface area (Å²) in [6, 6.07) is 0. The Balaban J connectivity index is 3.78. The number of carbonyl (C=O) groups excluding carboxylic acids is 2. The van der Waals surface area contributed by atoms with Crippen LogP contribution in [-0.2, 0) is 14.3 Å². The summed E-state index contributed by atoms with van der Waals surface area (Å²) >= 11 is 0. The lowest BCUT2D eigenvalue weighted by Crippen LogP contribution is -2.28. The minimum atomic E-state index is -0.580. The van der Waals surface area contributed by atoms with Crippen molar-refractivity contribution in [3.63, 3.8) is 0 Å². The van der Waals surface area contributed by atoms with Crippen molar-refractivity contribution in [1.82, 2.24) is 5.32 Å². The van der Waals surface area contributed by atoms with E-state index in [-0.39, 0.29) is 13.1 Å². The van der Waals surface area contributed by atoms with Gasteiger partial charge < -0.3 is 10.5 Å². The third kappa shape index (κ3) is 10.4. The standard InChI is InChI=1S/C10H16N2O3/c1-10(2,3)15-9(14)5-4-6-12-7-8(11)13/h12H,6-7H2,1-3H3,(H2,11,13). The van der Waals surface area contributed by atoms with Crippen LogP contribution in [0.1, 0.15) is 20.8 Å². The van der Waals surface area contributed by atoms with E-state index in [9.17, 15) is 9.59 Å². The van der Waals surface area contributed by atoms with E-state index in [1.807, 2.05) is 0 Å². The van der Waals surface area contributed by atoms with Gasteiger partial charge in [-0.25, -0.2) is 4.79 Å². The maximum atomic E-state index is 11.0. The molecule has 0 aliphatic carbocycles. The third-order valence-electron chi connectivity index (χ3n) is 1.10. The van der Waals surface area contributed by atoms with Crippen molar-refractivity contribution in [1.29, 1.82) is 0 Å². The molecule has 0 aromatic carbocycles. The van der Waals surface area contributed by atoms with Gasteiger partial charge in [-0.15, -0.1) is 0 Å². The number of ether oxygens (including phenoxy) is 1. The molecule has 15 heavy (non-hydrogen) atoms. The second-order valence-corrected chi connectivity index (χ2v) is 3.87. The zero-order valence-electron chi connectivity index (χ0n) is 9.22. The minimum absolute atomic E-state index is 0.0446. The van der Waals surface area contributed by atoms with Crippen LogP contribution in [0.5, 0.6) is 0 Å². The number of hydrogen-bond acceptors (Lipinski definition) is 4. The molecule has 0 bridgehead atoms.